The Labute approximate surface area is 61.0 Å². The average Bonchev–Trinajstić information content (AvgIpc) is 1.77. The summed E-state index contributed by atoms with van der Waals surface area (Å²) in [6.45, 7) is 2.15. The maximum absolute atomic E-state index is 13.0. The van der Waals surface area contributed by atoms with Gasteiger partial charge in [-0.2, -0.15) is 0 Å². The topological polar surface area (TPSA) is 12.0 Å². The molecule has 0 heterocycles. The molecule has 3 saturated carbocycles. The van der Waals surface area contributed by atoms with Crippen molar-refractivity contribution in [3.63, 3.8) is 0 Å². The molecule has 10 heavy (non-hydrogen) atoms. The molecule has 58 valence electrons. The van der Waals surface area contributed by atoms with Crippen LogP contribution in [-0.4, -0.2) is 18.8 Å². The van der Waals surface area contributed by atoms with Crippen LogP contribution in [0.1, 0.15) is 26.2 Å². The summed E-state index contributed by atoms with van der Waals surface area (Å²) in [5.74, 6) is 0. The van der Waals surface area contributed by atoms with Gasteiger partial charge in [0.05, 0.1) is 0 Å². The number of hydrogen-bond acceptors (Lipinski definition) is 1. The Morgan fingerprint density at radius 1 is 1.40 bits per heavy atom. The van der Waals surface area contributed by atoms with Gasteiger partial charge in [0.2, 0.25) is 0 Å². The molecule has 3 aliphatic carbocycles. The molecule has 0 amide bonds. The summed E-state index contributed by atoms with van der Waals surface area (Å²) in [5.41, 5.74) is -0.380. The highest BCUT2D eigenvalue weighted by Crippen LogP contribution is 2.70. The van der Waals surface area contributed by atoms with E-state index >= 15 is 0 Å². The lowest BCUT2D eigenvalue weighted by Crippen LogP contribution is -2.70. The van der Waals surface area contributed by atoms with Crippen LogP contribution in [0.3, 0.4) is 0 Å². The molecule has 3 fully saturated rings. The Hall–Kier alpha value is -0.110. The second kappa shape index (κ2) is 1.55. The maximum atomic E-state index is 13.0. The molecule has 3 aliphatic rings. The molecule has 0 aromatic rings. The van der Waals surface area contributed by atoms with Crippen LogP contribution in [0.15, 0.2) is 0 Å². The molecule has 0 spiro atoms. The van der Waals surface area contributed by atoms with E-state index in [-0.39, 0.29) is 0 Å². The Bertz CT molecular complexity index is 147. The summed E-state index contributed by atoms with van der Waals surface area (Å²) in [5, 5.41) is 3.20. The highest BCUT2D eigenvalue weighted by atomic mass is 19.1. The number of halogens is 1. The van der Waals surface area contributed by atoms with Gasteiger partial charge in [-0.3, -0.25) is 0 Å². The largest absolute Gasteiger partial charge is 0.317 e. The van der Waals surface area contributed by atoms with E-state index in [4.69, 9.17) is 0 Å². The first-order valence-corrected chi connectivity index (χ1v) is 3.97. The fourth-order valence-electron chi connectivity index (χ4n) is 2.50. The summed E-state index contributed by atoms with van der Waals surface area (Å²) < 4.78 is 13.0. The first-order valence-electron chi connectivity index (χ1n) is 3.97. The van der Waals surface area contributed by atoms with Crippen molar-refractivity contribution in [2.75, 3.05) is 7.05 Å². The van der Waals surface area contributed by atoms with Gasteiger partial charge in [-0.1, -0.05) is 0 Å². The predicted octanol–water partition coefficient (Wildman–Crippen LogP) is 1.49. The summed E-state index contributed by atoms with van der Waals surface area (Å²) >= 11 is 0. The van der Waals surface area contributed by atoms with Crippen LogP contribution in [0.25, 0.3) is 0 Å². The van der Waals surface area contributed by atoms with Crippen molar-refractivity contribution >= 4 is 0 Å². The smallest absolute Gasteiger partial charge is 0.112 e. The summed E-state index contributed by atoms with van der Waals surface area (Å²) in [4.78, 5) is 0. The van der Waals surface area contributed by atoms with Crippen molar-refractivity contribution in [1.82, 2.24) is 5.32 Å². The van der Waals surface area contributed by atoms with Gasteiger partial charge in [-0.05, 0) is 38.6 Å². The van der Waals surface area contributed by atoms with Crippen LogP contribution in [0.4, 0.5) is 4.39 Å². The Kier molecular flexibility index (Phi) is 1.02. The van der Waals surface area contributed by atoms with Crippen molar-refractivity contribution in [2.24, 2.45) is 5.41 Å². The van der Waals surface area contributed by atoms with Gasteiger partial charge in [0.1, 0.15) is 5.67 Å². The van der Waals surface area contributed by atoms with Crippen molar-refractivity contribution in [1.29, 1.82) is 0 Å². The van der Waals surface area contributed by atoms with E-state index in [0.717, 1.165) is 19.3 Å². The lowest BCUT2D eigenvalue weighted by atomic mass is 9.40. The molecule has 0 aromatic heterocycles. The minimum Gasteiger partial charge on any atom is -0.317 e. The number of hydrogen-bond donors (Lipinski definition) is 1. The second-order valence-electron chi connectivity index (χ2n) is 4.05. The van der Waals surface area contributed by atoms with Gasteiger partial charge < -0.3 is 5.32 Å². The summed E-state index contributed by atoms with van der Waals surface area (Å²) in [6.07, 6.45) is 2.42. The molecule has 0 saturated heterocycles. The predicted molar refractivity (Wildman–Crippen MR) is 38.6 cm³/mol. The quantitative estimate of drug-likeness (QED) is 0.617. The average molecular weight is 143 g/mol. The van der Waals surface area contributed by atoms with E-state index in [1.54, 1.807) is 0 Å². The number of rotatable bonds is 2. The van der Waals surface area contributed by atoms with E-state index < -0.39 is 5.67 Å². The molecule has 2 heteroatoms. The third-order valence-electron chi connectivity index (χ3n) is 3.36. The van der Waals surface area contributed by atoms with E-state index in [9.17, 15) is 4.39 Å². The lowest BCUT2D eigenvalue weighted by molar-refractivity contribution is -0.225. The minimum absolute atomic E-state index is 0.351. The third kappa shape index (κ3) is 0.559. The molecule has 1 N–H and O–H groups in total. The summed E-state index contributed by atoms with van der Waals surface area (Å²) in [7, 11) is 1.95. The van der Waals surface area contributed by atoms with Crippen molar-refractivity contribution in [3.8, 4) is 0 Å². The van der Waals surface area contributed by atoms with E-state index in [2.05, 4.69) is 12.2 Å². The highest BCUT2D eigenvalue weighted by molar-refractivity contribution is 5.21. The Morgan fingerprint density at radius 3 is 2.20 bits per heavy atom. The van der Waals surface area contributed by atoms with Gasteiger partial charge in [-0.25, -0.2) is 4.39 Å². The zero-order chi connectivity index (χ0) is 7.41. The Balaban J connectivity index is 1.98. The lowest BCUT2D eigenvalue weighted by Gasteiger charge is -2.68. The fraction of sp³-hybridized carbons (Fsp3) is 1.00. The van der Waals surface area contributed by atoms with Gasteiger partial charge in [0, 0.05) is 6.04 Å². The standard InChI is InChI=1S/C8H14FN/c1-6(10-2)7-3-8(9,4-7)5-7/h6,10H,3-5H2,1-2H3. The monoisotopic (exact) mass is 143 g/mol. The fourth-order valence-corrected chi connectivity index (χ4v) is 2.50. The van der Waals surface area contributed by atoms with E-state index in [1.807, 2.05) is 7.05 Å². The number of alkyl halides is 1. The molecule has 1 unspecified atom stereocenters. The van der Waals surface area contributed by atoms with Crippen LogP contribution in [0.2, 0.25) is 0 Å². The van der Waals surface area contributed by atoms with Crippen LogP contribution in [-0.2, 0) is 0 Å². The van der Waals surface area contributed by atoms with Crippen molar-refractivity contribution < 1.29 is 4.39 Å². The van der Waals surface area contributed by atoms with E-state index in [0.29, 0.717) is 11.5 Å². The molecule has 0 aliphatic heterocycles. The van der Waals surface area contributed by atoms with Crippen molar-refractivity contribution in [3.05, 3.63) is 0 Å². The van der Waals surface area contributed by atoms with E-state index in [1.165, 1.54) is 0 Å². The molecular weight excluding hydrogens is 129 g/mol. The van der Waals surface area contributed by atoms with Gasteiger partial charge >= 0.3 is 0 Å². The summed E-state index contributed by atoms with van der Waals surface area (Å²) in [6, 6.07) is 0.505. The van der Waals surface area contributed by atoms with Crippen molar-refractivity contribution in [2.45, 2.75) is 37.9 Å². The molecule has 0 radical (unpaired) electrons. The zero-order valence-corrected chi connectivity index (χ0v) is 6.58. The van der Waals surface area contributed by atoms with Gasteiger partial charge in [0.15, 0.2) is 0 Å². The first-order chi connectivity index (χ1) is 4.60. The molecule has 0 aromatic carbocycles. The number of nitrogens with one attached hydrogen (secondary N) is 1. The van der Waals surface area contributed by atoms with Crippen LogP contribution in [0, 0.1) is 5.41 Å². The highest BCUT2D eigenvalue weighted by Gasteiger charge is 2.70. The van der Waals surface area contributed by atoms with Crippen LogP contribution < -0.4 is 5.32 Å². The van der Waals surface area contributed by atoms with Crippen LogP contribution in [0.5, 0.6) is 0 Å². The molecule has 1 atom stereocenters. The molecular formula is C8H14FN. The SMILES string of the molecule is CNC(C)C12CC(F)(C1)C2. The zero-order valence-electron chi connectivity index (χ0n) is 6.58. The van der Waals surface area contributed by atoms with Gasteiger partial charge in [0.25, 0.3) is 0 Å². The second-order valence-corrected chi connectivity index (χ2v) is 4.05. The third-order valence-corrected chi connectivity index (χ3v) is 3.36. The van der Waals surface area contributed by atoms with Gasteiger partial charge in [-0.15, -0.1) is 0 Å². The molecule has 3 rings (SSSR count). The Morgan fingerprint density at radius 2 is 1.90 bits per heavy atom. The maximum Gasteiger partial charge on any atom is 0.112 e. The first kappa shape index (κ1) is 6.59. The minimum atomic E-state index is -0.731. The molecule has 2 bridgehead atoms. The molecule has 1 nitrogen and oxygen atoms in total. The van der Waals surface area contributed by atoms with Crippen LogP contribution >= 0.6 is 0 Å². The normalized spacial score (nSPS) is 53.1.